The van der Waals surface area contributed by atoms with Crippen molar-refractivity contribution in [3.05, 3.63) is 40.8 Å². The van der Waals surface area contributed by atoms with E-state index in [9.17, 15) is 4.79 Å². The molecule has 2 heterocycles. The molecule has 0 spiro atoms. The number of nitrogen functional groups attached to an aromatic ring is 1. The van der Waals surface area contributed by atoms with Crippen molar-refractivity contribution in [2.75, 3.05) is 5.73 Å². The number of aromatic nitrogens is 3. The first-order valence-corrected chi connectivity index (χ1v) is 5.51. The third-order valence-corrected chi connectivity index (χ3v) is 2.36. The molecule has 0 bridgehead atoms. The highest BCUT2D eigenvalue weighted by molar-refractivity contribution is 5.57. The average Bonchev–Trinajstić information content (AvgIpc) is 2.36. The molecule has 0 amide bonds. The van der Waals surface area contributed by atoms with Crippen molar-refractivity contribution in [1.29, 1.82) is 0 Å². The summed E-state index contributed by atoms with van der Waals surface area (Å²) in [6.07, 6.45) is 2.51. The minimum atomic E-state index is -0.244. The second-order valence-corrected chi connectivity index (χ2v) is 3.73. The van der Waals surface area contributed by atoms with Crippen LogP contribution < -0.4 is 11.3 Å². The zero-order chi connectivity index (χ0) is 12.3. The molecular formula is C12H14N4O. The zero-order valence-corrected chi connectivity index (χ0v) is 9.63. The van der Waals surface area contributed by atoms with Crippen molar-refractivity contribution in [2.24, 2.45) is 0 Å². The highest BCUT2D eigenvalue weighted by Gasteiger charge is 2.07. The molecule has 0 aliphatic rings. The van der Waals surface area contributed by atoms with Crippen LogP contribution in [-0.2, 0) is 6.54 Å². The molecule has 0 saturated carbocycles. The number of hydrogen-bond donors (Lipinski definition) is 1. The van der Waals surface area contributed by atoms with Crippen molar-refractivity contribution in [3.8, 4) is 11.4 Å². The first-order chi connectivity index (χ1) is 8.22. The van der Waals surface area contributed by atoms with Gasteiger partial charge in [0.1, 0.15) is 11.4 Å². The van der Waals surface area contributed by atoms with Crippen molar-refractivity contribution < 1.29 is 0 Å². The molecule has 0 aliphatic heterocycles. The van der Waals surface area contributed by atoms with Gasteiger partial charge in [-0.15, -0.1) is 0 Å². The number of anilines is 1. The van der Waals surface area contributed by atoms with Gasteiger partial charge in [0.25, 0.3) is 5.56 Å². The first kappa shape index (κ1) is 11.3. The smallest absolute Gasteiger partial charge is 0.289 e. The summed E-state index contributed by atoms with van der Waals surface area (Å²) < 4.78 is 1.39. The second kappa shape index (κ2) is 4.78. The third-order valence-electron chi connectivity index (χ3n) is 2.36. The molecule has 0 saturated heterocycles. The van der Waals surface area contributed by atoms with Gasteiger partial charge in [0, 0.05) is 12.7 Å². The van der Waals surface area contributed by atoms with E-state index in [-0.39, 0.29) is 11.2 Å². The van der Waals surface area contributed by atoms with Gasteiger partial charge in [0.2, 0.25) is 0 Å². The van der Waals surface area contributed by atoms with Gasteiger partial charge >= 0.3 is 0 Å². The lowest BCUT2D eigenvalue weighted by Crippen LogP contribution is -2.25. The lowest BCUT2D eigenvalue weighted by Gasteiger charge is -2.07. The molecule has 17 heavy (non-hydrogen) atoms. The van der Waals surface area contributed by atoms with E-state index in [0.29, 0.717) is 17.9 Å². The van der Waals surface area contributed by atoms with Crippen molar-refractivity contribution >= 4 is 5.69 Å². The third kappa shape index (κ3) is 2.33. The lowest BCUT2D eigenvalue weighted by atomic mass is 10.2. The summed E-state index contributed by atoms with van der Waals surface area (Å²) in [5.74, 6) is 0. The van der Waals surface area contributed by atoms with E-state index in [2.05, 4.69) is 10.1 Å². The van der Waals surface area contributed by atoms with Crippen LogP contribution in [0.2, 0.25) is 0 Å². The van der Waals surface area contributed by atoms with E-state index < -0.39 is 0 Å². The Bertz CT molecular complexity index is 562. The molecule has 2 aromatic rings. The van der Waals surface area contributed by atoms with Crippen molar-refractivity contribution in [3.63, 3.8) is 0 Å². The summed E-state index contributed by atoms with van der Waals surface area (Å²) >= 11 is 0. The Kier molecular flexibility index (Phi) is 3.18. The highest BCUT2D eigenvalue weighted by Crippen LogP contribution is 2.13. The van der Waals surface area contributed by atoms with Crippen LogP contribution in [0, 0.1) is 0 Å². The lowest BCUT2D eigenvalue weighted by molar-refractivity contribution is 0.572. The minimum Gasteiger partial charge on any atom is -0.394 e. The van der Waals surface area contributed by atoms with E-state index >= 15 is 0 Å². The number of hydrogen-bond acceptors (Lipinski definition) is 4. The summed E-state index contributed by atoms with van der Waals surface area (Å²) in [7, 11) is 0. The Morgan fingerprint density at radius 3 is 2.82 bits per heavy atom. The van der Waals surface area contributed by atoms with Gasteiger partial charge < -0.3 is 5.73 Å². The van der Waals surface area contributed by atoms with Crippen LogP contribution in [0.15, 0.2) is 35.3 Å². The Hall–Kier alpha value is -2.17. The SMILES string of the molecule is CCCn1nc(-c2ccccn2)cc(N)c1=O. The van der Waals surface area contributed by atoms with E-state index in [1.54, 1.807) is 12.3 Å². The maximum absolute atomic E-state index is 11.7. The molecule has 5 nitrogen and oxygen atoms in total. The topological polar surface area (TPSA) is 73.8 Å². The monoisotopic (exact) mass is 230 g/mol. The Labute approximate surface area is 98.9 Å². The Balaban J connectivity index is 2.53. The molecule has 0 unspecified atom stereocenters. The maximum atomic E-state index is 11.7. The van der Waals surface area contributed by atoms with Gasteiger partial charge in [-0.2, -0.15) is 5.10 Å². The Morgan fingerprint density at radius 2 is 2.18 bits per heavy atom. The zero-order valence-electron chi connectivity index (χ0n) is 9.63. The predicted molar refractivity (Wildman–Crippen MR) is 66.4 cm³/mol. The molecule has 0 atom stereocenters. The van der Waals surface area contributed by atoms with Gasteiger partial charge in [-0.1, -0.05) is 13.0 Å². The average molecular weight is 230 g/mol. The number of nitrogens with zero attached hydrogens (tertiary/aromatic N) is 3. The largest absolute Gasteiger partial charge is 0.394 e. The summed E-state index contributed by atoms with van der Waals surface area (Å²) in [6, 6.07) is 7.10. The Morgan fingerprint density at radius 1 is 1.35 bits per heavy atom. The molecule has 0 aromatic carbocycles. The van der Waals surface area contributed by atoms with Crippen LogP contribution in [-0.4, -0.2) is 14.8 Å². The number of nitrogens with two attached hydrogens (primary N) is 1. The molecule has 5 heteroatoms. The molecular weight excluding hydrogens is 216 g/mol. The second-order valence-electron chi connectivity index (χ2n) is 3.73. The van der Waals surface area contributed by atoms with Crippen LogP contribution in [0.5, 0.6) is 0 Å². The van der Waals surface area contributed by atoms with Gasteiger partial charge in [-0.05, 0) is 24.6 Å². The van der Waals surface area contributed by atoms with Crippen LogP contribution in [0.1, 0.15) is 13.3 Å². The molecule has 2 rings (SSSR count). The molecule has 0 radical (unpaired) electrons. The molecule has 88 valence electrons. The van der Waals surface area contributed by atoms with Crippen LogP contribution in [0.3, 0.4) is 0 Å². The maximum Gasteiger partial charge on any atom is 0.289 e. The quantitative estimate of drug-likeness (QED) is 0.862. The summed E-state index contributed by atoms with van der Waals surface area (Å²) in [4.78, 5) is 15.9. The van der Waals surface area contributed by atoms with Crippen molar-refractivity contribution in [1.82, 2.24) is 14.8 Å². The molecule has 0 aliphatic carbocycles. The number of pyridine rings is 1. The van der Waals surface area contributed by atoms with Gasteiger partial charge in [0.05, 0.1) is 5.69 Å². The van der Waals surface area contributed by atoms with E-state index in [4.69, 9.17) is 5.73 Å². The normalized spacial score (nSPS) is 10.4. The number of rotatable bonds is 3. The molecule has 2 N–H and O–H groups in total. The van der Waals surface area contributed by atoms with E-state index in [1.807, 2.05) is 25.1 Å². The summed E-state index contributed by atoms with van der Waals surface area (Å²) in [6.45, 7) is 2.54. The van der Waals surface area contributed by atoms with E-state index in [0.717, 1.165) is 6.42 Å². The number of aryl methyl sites for hydroxylation is 1. The fraction of sp³-hybridized carbons (Fsp3) is 0.250. The fourth-order valence-electron chi connectivity index (χ4n) is 1.57. The fourth-order valence-corrected chi connectivity index (χ4v) is 1.57. The van der Waals surface area contributed by atoms with Gasteiger partial charge in [-0.25, -0.2) is 4.68 Å². The predicted octanol–water partition coefficient (Wildman–Crippen LogP) is 1.30. The first-order valence-electron chi connectivity index (χ1n) is 5.51. The molecule has 2 aromatic heterocycles. The van der Waals surface area contributed by atoms with E-state index in [1.165, 1.54) is 4.68 Å². The van der Waals surface area contributed by atoms with Crippen molar-refractivity contribution in [2.45, 2.75) is 19.9 Å². The summed E-state index contributed by atoms with van der Waals surface area (Å²) in [5, 5.41) is 4.25. The van der Waals surface area contributed by atoms with Gasteiger partial charge in [0.15, 0.2) is 0 Å². The van der Waals surface area contributed by atoms with Gasteiger partial charge in [-0.3, -0.25) is 9.78 Å². The van der Waals surface area contributed by atoms with Crippen LogP contribution >= 0.6 is 0 Å². The highest BCUT2D eigenvalue weighted by atomic mass is 16.1. The van der Waals surface area contributed by atoms with Crippen LogP contribution in [0.25, 0.3) is 11.4 Å². The van der Waals surface area contributed by atoms with Crippen LogP contribution in [0.4, 0.5) is 5.69 Å². The molecule has 0 fully saturated rings. The summed E-state index contributed by atoms with van der Waals surface area (Å²) in [5.41, 5.74) is 6.98. The minimum absolute atomic E-state index is 0.203. The standard InChI is InChI=1S/C12H14N4O/c1-2-7-16-12(17)9(13)8-11(15-16)10-5-3-4-6-14-10/h3-6,8H,2,7,13H2,1H3.